The van der Waals surface area contributed by atoms with Crippen molar-refractivity contribution >= 4 is 6.21 Å². The van der Waals surface area contributed by atoms with Crippen LogP contribution >= 0.6 is 0 Å². The molecule has 0 atom stereocenters. The number of ether oxygens (including phenoxy) is 1. The Morgan fingerprint density at radius 1 is 1.62 bits per heavy atom. The molecule has 0 aliphatic rings. The molecule has 0 radical (unpaired) electrons. The van der Waals surface area contributed by atoms with Gasteiger partial charge >= 0.3 is 0 Å². The molecular formula is C8H11IN2O2. The third kappa shape index (κ3) is 2.83. The molecule has 1 aromatic rings. The van der Waals surface area contributed by atoms with Gasteiger partial charge in [-0.2, -0.15) is 4.57 Å². The van der Waals surface area contributed by atoms with Crippen molar-refractivity contribution in [3.05, 3.63) is 24.0 Å². The number of aromatic nitrogens is 1. The maximum atomic E-state index is 8.36. The Hall–Kier alpha value is -0.850. The average Bonchev–Trinajstić information content (AvgIpc) is 2.09. The lowest BCUT2D eigenvalue weighted by molar-refractivity contribution is -0.672. The molecule has 0 saturated carbocycles. The van der Waals surface area contributed by atoms with Gasteiger partial charge < -0.3 is 33.9 Å². The highest BCUT2D eigenvalue weighted by Gasteiger charge is 2.10. The number of oxime groups is 1. The zero-order chi connectivity index (χ0) is 8.97. The standard InChI is InChI=1S/C8H10N2O2.HI/c1-10-5-3-4-8(12-2)7(10)6-9-11;/h3-6H,1-2H3;1H. The fourth-order valence-electron chi connectivity index (χ4n) is 0.981. The zero-order valence-corrected chi connectivity index (χ0v) is 9.59. The van der Waals surface area contributed by atoms with Gasteiger partial charge in [-0.1, -0.05) is 5.16 Å². The minimum Gasteiger partial charge on any atom is -1.00 e. The first-order chi connectivity index (χ1) is 5.79. The van der Waals surface area contributed by atoms with E-state index < -0.39 is 0 Å². The fourth-order valence-corrected chi connectivity index (χ4v) is 0.981. The highest BCUT2D eigenvalue weighted by atomic mass is 127. The first kappa shape index (κ1) is 12.2. The summed E-state index contributed by atoms with van der Waals surface area (Å²) in [6.45, 7) is 0. The highest BCUT2D eigenvalue weighted by molar-refractivity contribution is 5.78. The van der Waals surface area contributed by atoms with Crippen LogP contribution in [0.3, 0.4) is 0 Å². The van der Waals surface area contributed by atoms with Crippen LogP contribution in [0.5, 0.6) is 5.75 Å². The van der Waals surface area contributed by atoms with Gasteiger partial charge in [-0.15, -0.1) is 0 Å². The van der Waals surface area contributed by atoms with Crippen molar-refractivity contribution < 1.29 is 38.5 Å². The van der Waals surface area contributed by atoms with Crippen molar-refractivity contribution in [2.45, 2.75) is 0 Å². The summed E-state index contributed by atoms with van der Waals surface area (Å²) in [5.74, 6) is 0.679. The molecule has 0 saturated heterocycles. The highest BCUT2D eigenvalue weighted by Crippen LogP contribution is 2.09. The van der Waals surface area contributed by atoms with E-state index in [4.69, 9.17) is 9.94 Å². The number of halogens is 1. The molecule has 1 N–H and O–H groups in total. The van der Waals surface area contributed by atoms with Crippen LogP contribution in [-0.2, 0) is 7.05 Å². The van der Waals surface area contributed by atoms with Gasteiger partial charge in [0.05, 0.1) is 7.11 Å². The Morgan fingerprint density at radius 3 is 2.85 bits per heavy atom. The van der Waals surface area contributed by atoms with Crippen LogP contribution in [0.4, 0.5) is 0 Å². The van der Waals surface area contributed by atoms with Crippen LogP contribution in [0.2, 0.25) is 0 Å². The second-order valence-electron chi connectivity index (χ2n) is 2.32. The topological polar surface area (TPSA) is 45.7 Å². The second kappa shape index (κ2) is 5.74. The molecule has 0 amide bonds. The molecule has 1 rings (SSSR count). The van der Waals surface area contributed by atoms with Gasteiger partial charge in [-0.05, 0) is 6.07 Å². The summed E-state index contributed by atoms with van der Waals surface area (Å²) < 4.78 is 6.86. The van der Waals surface area contributed by atoms with E-state index in [1.54, 1.807) is 17.7 Å². The van der Waals surface area contributed by atoms with Crippen LogP contribution in [0.25, 0.3) is 0 Å². The van der Waals surface area contributed by atoms with Gasteiger partial charge in [-0.25, -0.2) is 0 Å². The monoisotopic (exact) mass is 294 g/mol. The molecule has 0 bridgehead atoms. The van der Waals surface area contributed by atoms with E-state index in [0.29, 0.717) is 5.75 Å². The quantitative estimate of drug-likeness (QED) is 0.213. The van der Waals surface area contributed by atoms with Crippen molar-refractivity contribution in [3.63, 3.8) is 0 Å². The Kier molecular flexibility index (Phi) is 5.36. The first-order valence-corrected chi connectivity index (χ1v) is 3.49. The Balaban J connectivity index is 0.00000144. The van der Waals surface area contributed by atoms with Gasteiger partial charge in [0, 0.05) is 6.07 Å². The van der Waals surface area contributed by atoms with E-state index in [-0.39, 0.29) is 24.0 Å². The lowest BCUT2D eigenvalue weighted by Gasteiger charge is -1.99. The van der Waals surface area contributed by atoms with Crippen molar-refractivity contribution in [1.29, 1.82) is 0 Å². The van der Waals surface area contributed by atoms with Crippen LogP contribution in [-0.4, -0.2) is 18.5 Å². The molecule has 72 valence electrons. The molecule has 1 heterocycles. The summed E-state index contributed by atoms with van der Waals surface area (Å²) in [5, 5.41) is 11.3. The number of rotatable bonds is 2. The Bertz CT molecular complexity index is 302. The third-order valence-electron chi connectivity index (χ3n) is 1.59. The van der Waals surface area contributed by atoms with Crippen molar-refractivity contribution in [2.75, 3.05) is 7.11 Å². The predicted octanol–water partition coefficient (Wildman–Crippen LogP) is -2.67. The summed E-state index contributed by atoms with van der Waals surface area (Å²) in [7, 11) is 3.42. The van der Waals surface area contributed by atoms with Crippen LogP contribution in [0, 0.1) is 0 Å². The SMILES string of the molecule is COc1ccc[n+](C)c1C=NO.[I-]. The summed E-state index contributed by atoms with van der Waals surface area (Å²) >= 11 is 0. The van der Waals surface area contributed by atoms with E-state index in [2.05, 4.69) is 5.16 Å². The van der Waals surface area contributed by atoms with E-state index in [1.807, 2.05) is 19.3 Å². The molecule has 0 aliphatic carbocycles. The fraction of sp³-hybridized carbons (Fsp3) is 0.250. The average molecular weight is 294 g/mol. The van der Waals surface area contributed by atoms with Crippen LogP contribution in [0.15, 0.2) is 23.5 Å². The lowest BCUT2D eigenvalue weighted by Crippen LogP contribution is -3.00. The van der Waals surface area contributed by atoms with E-state index in [0.717, 1.165) is 5.69 Å². The van der Waals surface area contributed by atoms with E-state index in [9.17, 15) is 0 Å². The molecule has 0 aromatic carbocycles. The van der Waals surface area contributed by atoms with Crippen LogP contribution in [0.1, 0.15) is 5.69 Å². The molecule has 0 aliphatic heterocycles. The Morgan fingerprint density at radius 2 is 2.31 bits per heavy atom. The van der Waals surface area contributed by atoms with Crippen molar-refractivity contribution in [2.24, 2.45) is 12.2 Å². The molecule has 5 heteroatoms. The molecule has 13 heavy (non-hydrogen) atoms. The third-order valence-corrected chi connectivity index (χ3v) is 1.59. The summed E-state index contributed by atoms with van der Waals surface area (Å²) in [5.41, 5.74) is 0.725. The van der Waals surface area contributed by atoms with Gasteiger partial charge in [0.25, 0.3) is 5.69 Å². The van der Waals surface area contributed by atoms with Gasteiger partial charge in [-0.3, -0.25) is 0 Å². The van der Waals surface area contributed by atoms with Gasteiger partial charge in [0.2, 0.25) is 0 Å². The zero-order valence-electron chi connectivity index (χ0n) is 7.44. The molecule has 0 unspecified atom stereocenters. The number of nitrogens with zero attached hydrogens (tertiary/aromatic N) is 2. The molecule has 0 fully saturated rings. The lowest BCUT2D eigenvalue weighted by atomic mass is 10.3. The predicted molar refractivity (Wildman–Crippen MR) is 43.6 cm³/mol. The maximum absolute atomic E-state index is 8.36. The minimum atomic E-state index is 0. The molecule has 1 aromatic heterocycles. The van der Waals surface area contributed by atoms with Crippen LogP contribution < -0.4 is 33.3 Å². The van der Waals surface area contributed by atoms with E-state index in [1.165, 1.54) is 6.21 Å². The number of aryl methyl sites for hydroxylation is 1. The Labute approximate surface area is 93.9 Å². The maximum Gasteiger partial charge on any atom is 0.269 e. The second-order valence-corrected chi connectivity index (χ2v) is 2.32. The normalized spacial score (nSPS) is 9.69. The molecular weight excluding hydrogens is 283 g/mol. The van der Waals surface area contributed by atoms with Gasteiger partial charge in [0.1, 0.15) is 13.3 Å². The summed E-state index contributed by atoms with van der Waals surface area (Å²) in [4.78, 5) is 0. The smallest absolute Gasteiger partial charge is 0.269 e. The minimum absolute atomic E-state index is 0. The van der Waals surface area contributed by atoms with Gasteiger partial charge in [0.15, 0.2) is 11.9 Å². The summed E-state index contributed by atoms with van der Waals surface area (Å²) in [6, 6.07) is 3.66. The first-order valence-electron chi connectivity index (χ1n) is 3.49. The molecule has 4 nitrogen and oxygen atoms in total. The number of pyridine rings is 1. The molecule has 0 spiro atoms. The largest absolute Gasteiger partial charge is 1.00 e. The van der Waals surface area contributed by atoms with E-state index >= 15 is 0 Å². The van der Waals surface area contributed by atoms with Crippen molar-refractivity contribution in [3.8, 4) is 5.75 Å². The number of methoxy groups -OCH3 is 1. The summed E-state index contributed by atoms with van der Waals surface area (Å²) in [6.07, 6.45) is 3.18. The number of hydrogen-bond donors (Lipinski definition) is 1. The number of hydrogen-bond acceptors (Lipinski definition) is 3. The van der Waals surface area contributed by atoms with Crippen molar-refractivity contribution in [1.82, 2.24) is 0 Å².